The molecule has 0 aliphatic heterocycles. The van der Waals surface area contributed by atoms with Crippen LogP contribution in [-0.4, -0.2) is 24.9 Å². The number of ether oxygens (including phenoxy) is 2. The van der Waals surface area contributed by atoms with Crippen molar-refractivity contribution >= 4 is 22.6 Å². The topological polar surface area (TPSA) is 190 Å². The molecule has 0 atom stereocenters. The zero-order chi connectivity index (χ0) is 20.1. The highest BCUT2D eigenvalue weighted by molar-refractivity contribution is 5.90. The van der Waals surface area contributed by atoms with Crippen LogP contribution in [0.2, 0.25) is 0 Å². The first kappa shape index (κ1) is 19.3. The Bertz CT molecular complexity index is 984. The minimum atomic E-state index is -0.346. The number of hydrogen-bond acceptors (Lipinski definition) is 9. The van der Waals surface area contributed by atoms with Crippen molar-refractivity contribution in [1.29, 1.82) is 0 Å². The Morgan fingerprint density at radius 2 is 1.82 bits per heavy atom. The van der Waals surface area contributed by atoms with E-state index >= 15 is 0 Å². The van der Waals surface area contributed by atoms with Crippen LogP contribution in [0.15, 0.2) is 31.5 Å². The molecule has 1 heterocycles. The summed E-state index contributed by atoms with van der Waals surface area (Å²) in [7, 11) is 0. The van der Waals surface area contributed by atoms with Gasteiger partial charge in [0.25, 0.3) is 0 Å². The van der Waals surface area contributed by atoms with Gasteiger partial charge in [0.15, 0.2) is 11.7 Å². The van der Waals surface area contributed by atoms with Gasteiger partial charge in [-0.2, -0.15) is 5.10 Å². The normalized spacial score (nSPS) is 14.6. The molecule has 150 valence electrons. The maximum absolute atomic E-state index is 12.4. The number of benzene rings is 1. The Balaban J connectivity index is 2.08. The van der Waals surface area contributed by atoms with Crippen LogP contribution in [0.25, 0.3) is 11.0 Å². The first-order valence-corrected chi connectivity index (χ1v) is 8.71. The van der Waals surface area contributed by atoms with Crippen molar-refractivity contribution in [2.75, 3.05) is 13.2 Å². The highest BCUT2D eigenvalue weighted by Gasteiger charge is 2.22. The van der Waals surface area contributed by atoms with Crippen molar-refractivity contribution in [3.05, 3.63) is 33.7 Å². The number of hydrazine groups is 1. The molecule has 0 saturated carbocycles. The molecule has 1 aromatic heterocycles. The highest BCUT2D eigenvalue weighted by atomic mass is 16.5. The number of rotatable bonds is 7. The molecule has 0 fully saturated rings. The van der Waals surface area contributed by atoms with Crippen LogP contribution >= 0.6 is 0 Å². The van der Waals surface area contributed by atoms with Gasteiger partial charge in [-0.15, -0.1) is 5.10 Å². The lowest BCUT2D eigenvalue weighted by Crippen LogP contribution is -2.27. The predicted molar refractivity (Wildman–Crippen MR) is 105 cm³/mol. The maximum Gasteiger partial charge on any atom is 0.339 e. The summed E-state index contributed by atoms with van der Waals surface area (Å²) in [6, 6.07) is 3.28. The minimum Gasteiger partial charge on any atom is -0.485 e. The van der Waals surface area contributed by atoms with Gasteiger partial charge in [-0.3, -0.25) is 0 Å². The first-order valence-electron chi connectivity index (χ1n) is 8.71. The number of fused-ring (bicyclic) bond motifs is 3. The lowest BCUT2D eigenvalue weighted by atomic mass is 9.90. The van der Waals surface area contributed by atoms with Crippen LogP contribution in [0, 0.1) is 0 Å². The van der Waals surface area contributed by atoms with Crippen LogP contribution in [0.3, 0.4) is 0 Å². The number of nitrogens with zero attached hydrogens (tertiary/aromatic N) is 2. The lowest BCUT2D eigenvalue weighted by Gasteiger charge is -2.19. The van der Waals surface area contributed by atoms with E-state index in [0.717, 1.165) is 30.2 Å². The molecule has 0 saturated heterocycles. The molecule has 0 spiro atoms. The quantitative estimate of drug-likeness (QED) is 0.135. The second-order valence-corrected chi connectivity index (χ2v) is 6.28. The van der Waals surface area contributed by atoms with E-state index in [4.69, 9.17) is 37.0 Å². The van der Waals surface area contributed by atoms with Gasteiger partial charge < -0.3 is 31.2 Å². The molecule has 0 unspecified atom stereocenters. The molecule has 1 aromatic carbocycles. The van der Waals surface area contributed by atoms with Crippen LogP contribution in [0.1, 0.15) is 24.0 Å². The third-order valence-corrected chi connectivity index (χ3v) is 4.39. The standard InChI is InChI=1S/C17H23N7O4/c18-14(22-20)7-26-9-5-12(27-8-15(19)23-24-21)16-10-3-1-2-4-11(10)17(25)28-13(16)6-9/h5-6,24H,1-4,7-8,20-21H2,(H2,18,22)(H2,19,23). The van der Waals surface area contributed by atoms with E-state index in [2.05, 4.69) is 15.7 Å². The fourth-order valence-corrected chi connectivity index (χ4v) is 3.17. The largest absolute Gasteiger partial charge is 0.485 e. The van der Waals surface area contributed by atoms with Gasteiger partial charge in [-0.25, -0.2) is 16.2 Å². The van der Waals surface area contributed by atoms with Gasteiger partial charge in [0, 0.05) is 17.7 Å². The minimum absolute atomic E-state index is 0.0248. The summed E-state index contributed by atoms with van der Waals surface area (Å²) in [5, 5.41) is 7.73. The van der Waals surface area contributed by atoms with Crippen molar-refractivity contribution in [3.8, 4) is 11.5 Å². The van der Waals surface area contributed by atoms with E-state index < -0.39 is 0 Å². The van der Waals surface area contributed by atoms with E-state index in [1.807, 2.05) is 0 Å². The Morgan fingerprint density at radius 3 is 2.54 bits per heavy atom. The van der Waals surface area contributed by atoms with E-state index in [1.54, 1.807) is 12.1 Å². The van der Waals surface area contributed by atoms with Crippen LogP contribution in [0.4, 0.5) is 0 Å². The van der Waals surface area contributed by atoms with Crippen molar-refractivity contribution in [2.24, 2.45) is 33.4 Å². The van der Waals surface area contributed by atoms with Gasteiger partial charge in [-0.05, 0) is 31.2 Å². The van der Waals surface area contributed by atoms with Crippen molar-refractivity contribution in [2.45, 2.75) is 25.7 Å². The maximum atomic E-state index is 12.4. The van der Waals surface area contributed by atoms with Crippen molar-refractivity contribution in [3.63, 3.8) is 0 Å². The molecule has 0 radical (unpaired) electrons. The van der Waals surface area contributed by atoms with E-state index in [9.17, 15) is 4.79 Å². The molecular weight excluding hydrogens is 366 g/mol. The molecule has 1 aliphatic carbocycles. The zero-order valence-electron chi connectivity index (χ0n) is 15.2. The number of nitrogens with two attached hydrogens (primary N) is 4. The summed E-state index contributed by atoms with van der Waals surface area (Å²) in [5.41, 5.74) is 15.0. The summed E-state index contributed by atoms with van der Waals surface area (Å²) in [6.07, 6.45) is 3.36. The predicted octanol–water partition coefficient (Wildman–Crippen LogP) is -0.604. The van der Waals surface area contributed by atoms with E-state index in [0.29, 0.717) is 29.1 Å². The summed E-state index contributed by atoms with van der Waals surface area (Å²) in [6.45, 7) is -0.0552. The first-order chi connectivity index (χ1) is 13.5. The second-order valence-electron chi connectivity index (χ2n) is 6.28. The number of nitrogens with one attached hydrogen (secondary N) is 1. The molecule has 11 heteroatoms. The SMILES string of the molecule is N/N=C(\N)COc1cc(OC/C(N)=N/NN)c2c3c(c(=O)oc2c1)CCCC3. The van der Waals surface area contributed by atoms with Crippen LogP contribution in [-0.2, 0) is 12.8 Å². The Hall–Kier alpha value is -3.47. The number of aryl methyl sites for hydroxylation is 1. The number of amidine groups is 2. The highest BCUT2D eigenvalue weighted by Crippen LogP contribution is 2.36. The van der Waals surface area contributed by atoms with Crippen LogP contribution < -0.4 is 43.8 Å². The van der Waals surface area contributed by atoms with Gasteiger partial charge in [0.2, 0.25) is 0 Å². The number of hydrogen-bond donors (Lipinski definition) is 5. The van der Waals surface area contributed by atoms with Crippen molar-refractivity contribution in [1.82, 2.24) is 5.53 Å². The average molecular weight is 389 g/mol. The molecule has 3 rings (SSSR count). The smallest absolute Gasteiger partial charge is 0.339 e. The van der Waals surface area contributed by atoms with E-state index in [1.165, 1.54) is 0 Å². The fourth-order valence-electron chi connectivity index (χ4n) is 3.17. The summed E-state index contributed by atoms with van der Waals surface area (Å²) in [5.74, 6) is 11.3. The summed E-state index contributed by atoms with van der Waals surface area (Å²) < 4.78 is 16.9. The molecule has 9 N–H and O–H groups in total. The monoisotopic (exact) mass is 389 g/mol. The Kier molecular flexibility index (Phi) is 5.84. The van der Waals surface area contributed by atoms with Gasteiger partial charge >= 0.3 is 5.63 Å². The van der Waals surface area contributed by atoms with Crippen molar-refractivity contribution < 1.29 is 13.9 Å². The third-order valence-electron chi connectivity index (χ3n) is 4.39. The molecule has 2 aromatic rings. The van der Waals surface area contributed by atoms with Crippen LogP contribution in [0.5, 0.6) is 11.5 Å². The summed E-state index contributed by atoms with van der Waals surface area (Å²) >= 11 is 0. The second kappa shape index (κ2) is 8.48. The number of hydrazone groups is 2. The molecule has 0 bridgehead atoms. The Morgan fingerprint density at radius 1 is 1.11 bits per heavy atom. The molecular formula is C17H23N7O4. The summed E-state index contributed by atoms with van der Waals surface area (Å²) in [4.78, 5) is 12.4. The lowest BCUT2D eigenvalue weighted by molar-refractivity contribution is 0.357. The molecule has 11 nitrogen and oxygen atoms in total. The van der Waals surface area contributed by atoms with Gasteiger partial charge in [0.05, 0.1) is 5.39 Å². The Labute approximate surface area is 160 Å². The molecule has 28 heavy (non-hydrogen) atoms. The average Bonchev–Trinajstić information content (AvgIpc) is 2.70. The fraction of sp³-hybridized carbons (Fsp3) is 0.353. The van der Waals surface area contributed by atoms with E-state index in [-0.39, 0.29) is 30.5 Å². The third kappa shape index (κ3) is 4.09. The zero-order valence-corrected chi connectivity index (χ0v) is 15.2. The molecule has 0 amide bonds. The van der Waals surface area contributed by atoms with Gasteiger partial charge in [0.1, 0.15) is 30.3 Å². The molecule has 1 aliphatic rings. The van der Waals surface area contributed by atoms with Gasteiger partial charge in [-0.1, -0.05) is 0 Å².